The van der Waals surface area contributed by atoms with Crippen molar-refractivity contribution in [1.29, 1.82) is 0 Å². The Morgan fingerprint density at radius 2 is 2.22 bits per heavy atom. The predicted molar refractivity (Wildman–Crippen MR) is 50.7 cm³/mol. The molecule has 0 bridgehead atoms. The molecule has 0 nitrogen and oxygen atoms in total. The van der Waals surface area contributed by atoms with Crippen molar-refractivity contribution < 1.29 is 0 Å². The quantitative estimate of drug-likeness (QED) is 0.231. The molecule has 50 valence electrons. The zero-order valence-corrected chi connectivity index (χ0v) is 7.65. The van der Waals surface area contributed by atoms with Crippen LogP contribution < -0.4 is 0 Å². The second kappa shape index (κ2) is 8.03. The van der Waals surface area contributed by atoms with Crippen LogP contribution in [0.15, 0.2) is 12.7 Å². The van der Waals surface area contributed by atoms with E-state index in [9.17, 15) is 0 Å². The lowest BCUT2D eigenvalue weighted by atomic mass is 10.3. The van der Waals surface area contributed by atoms with E-state index in [1.54, 1.807) is 0 Å². The van der Waals surface area contributed by atoms with Gasteiger partial charge in [0.1, 0.15) is 0 Å². The van der Waals surface area contributed by atoms with Gasteiger partial charge in [0, 0.05) is 17.3 Å². The first-order valence-corrected chi connectivity index (χ1v) is 4.57. The van der Waals surface area contributed by atoms with Crippen LogP contribution in [0.5, 0.6) is 0 Å². The molecular weight excluding hydrogens is 223 g/mol. The molecule has 0 unspecified atom stereocenters. The van der Waals surface area contributed by atoms with Crippen molar-refractivity contribution in [3.8, 4) is 11.8 Å². The van der Waals surface area contributed by atoms with Gasteiger partial charge in [-0.2, -0.15) is 0 Å². The molecule has 0 radical (unpaired) electrons. The van der Waals surface area contributed by atoms with Gasteiger partial charge in [-0.15, -0.1) is 12.5 Å². The molecule has 0 N–H and O–H groups in total. The van der Waals surface area contributed by atoms with E-state index < -0.39 is 0 Å². The van der Waals surface area contributed by atoms with E-state index in [1.807, 2.05) is 6.08 Å². The Labute approximate surface area is 70.9 Å². The smallest absolute Gasteiger partial charge is 0.0267 e. The third kappa shape index (κ3) is 8.03. The number of halogens is 1. The summed E-state index contributed by atoms with van der Waals surface area (Å²) in [5.74, 6) is 6.06. The molecule has 0 spiro atoms. The van der Waals surface area contributed by atoms with Crippen molar-refractivity contribution in [1.82, 2.24) is 0 Å². The summed E-state index contributed by atoms with van der Waals surface area (Å²) >= 11 is 2.36. The number of allylic oxidation sites excluding steroid dienone is 1. The van der Waals surface area contributed by atoms with Crippen molar-refractivity contribution in [2.24, 2.45) is 0 Å². The Balaban J connectivity index is 3.05. The van der Waals surface area contributed by atoms with Crippen molar-refractivity contribution >= 4 is 22.6 Å². The summed E-state index contributed by atoms with van der Waals surface area (Å²) in [6.07, 6.45) is 4.92. The monoisotopic (exact) mass is 234 g/mol. The molecule has 0 aromatic rings. The Bertz CT molecular complexity index is 116. The lowest BCUT2D eigenvalue weighted by molar-refractivity contribution is 1.01. The topological polar surface area (TPSA) is 0 Å². The van der Waals surface area contributed by atoms with Crippen molar-refractivity contribution in [2.45, 2.75) is 19.3 Å². The van der Waals surface area contributed by atoms with Gasteiger partial charge in [-0.25, -0.2) is 0 Å². The summed E-state index contributed by atoms with van der Waals surface area (Å²) in [7, 11) is 0. The maximum absolute atomic E-state index is 3.57. The average Bonchev–Trinajstić information content (AvgIpc) is 1.89. The number of hydrogen-bond donors (Lipinski definition) is 0. The zero-order valence-electron chi connectivity index (χ0n) is 5.49. The molecule has 1 heteroatoms. The van der Waals surface area contributed by atoms with E-state index in [-0.39, 0.29) is 0 Å². The van der Waals surface area contributed by atoms with Gasteiger partial charge in [-0.3, -0.25) is 0 Å². The van der Waals surface area contributed by atoms with Gasteiger partial charge in [0.15, 0.2) is 0 Å². The highest BCUT2D eigenvalue weighted by Gasteiger charge is 1.75. The summed E-state index contributed by atoms with van der Waals surface area (Å²) in [5.41, 5.74) is 0. The molecule has 0 aliphatic rings. The molecule has 0 aliphatic carbocycles. The zero-order chi connectivity index (χ0) is 6.95. The molecule has 0 saturated carbocycles. The molecular formula is C8H11I. The molecule has 0 amide bonds. The third-order valence-electron chi connectivity index (χ3n) is 0.807. The number of rotatable bonds is 3. The highest BCUT2D eigenvalue weighted by Crippen LogP contribution is 1.91. The third-order valence-corrected chi connectivity index (χ3v) is 1.57. The standard InChI is InChI=1S/C8H11I/c1-2-3-4-5-6-7-8-9/h2H,1,3,6-8H2. The molecule has 0 aliphatic heterocycles. The Hall–Kier alpha value is 0.0300. The molecule has 0 heterocycles. The van der Waals surface area contributed by atoms with E-state index in [2.05, 4.69) is 41.0 Å². The number of unbranched alkanes of at least 4 members (excludes halogenated alkanes) is 1. The molecule has 0 aromatic heterocycles. The summed E-state index contributed by atoms with van der Waals surface area (Å²) in [6.45, 7) is 3.57. The largest absolute Gasteiger partial charge is 0.103 e. The number of alkyl halides is 1. The minimum atomic E-state index is 0.835. The van der Waals surface area contributed by atoms with Crippen molar-refractivity contribution in [2.75, 3.05) is 4.43 Å². The first-order valence-electron chi connectivity index (χ1n) is 3.04. The van der Waals surface area contributed by atoms with Crippen LogP contribution in [0.25, 0.3) is 0 Å². The minimum absolute atomic E-state index is 0.835. The van der Waals surface area contributed by atoms with E-state index in [0.29, 0.717) is 0 Å². The van der Waals surface area contributed by atoms with Crippen LogP contribution in [0, 0.1) is 11.8 Å². The van der Waals surface area contributed by atoms with Gasteiger partial charge in [-0.1, -0.05) is 34.6 Å². The van der Waals surface area contributed by atoms with E-state index in [1.165, 1.54) is 10.8 Å². The Morgan fingerprint density at radius 3 is 2.78 bits per heavy atom. The van der Waals surface area contributed by atoms with Gasteiger partial charge in [0.25, 0.3) is 0 Å². The summed E-state index contributed by atoms with van der Waals surface area (Å²) in [5, 5.41) is 0. The lowest BCUT2D eigenvalue weighted by Gasteiger charge is -1.81. The molecule has 0 saturated heterocycles. The van der Waals surface area contributed by atoms with Crippen LogP contribution in [0.2, 0.25) is 0 Å². The summed E-state index contributed by atoms with van der Waals surface area (Å²) in [4.78, 5) is 0. The molecule has 0 atom stereocenters. The summed E-state index contributed by atoms with van der Waals surface area (Å²) in [6, 6.07) is 0. The second-order valence-electron chi connectivity index (χ2n) is 1.64. The first kappa shape index (κ1) is 9.03. The van der Waals surface area contributed by atoms with E-state index in [0.717, 1.165) is 12.8 Å². The fourth-order valence-electron chi connectivity index (χ4n) is 0.388. The van der Waals surface area contributed by atoms with Crippen LogP contribution in [0.4, 0.5) is 0 Å². The van der Waals surface area contributed by atoms with E-state index >= 15 is 0 Å². The van der Waals surface area contributed by atoms with Gasteiger partial charge < -0.3 is 0 Å². The highest BCUT2D eigenvalue weighted by atomic mass is 127. The van der Waals surface area contributed by atoms with E-state index in [4.69, 9.17) is 0 Å². The molecule has 0 fully saturated rings. The van der Waals surface area contributed by atoms with Gasteiger partial charge >= 0.3 is 0 Å². The van der Waals surface area contributed by atoms with Crippen LogP contribution in [-0.4, -0.2) is 4.43 Å². The van der Waals surface area contributed by atoms with Crippen LogP contribution in [0.3, 0.4) is 0 Å². The highest BCUT2D eigenvalue weighted by molar-refractivity contribution is 14.1. The number of hydrogen-bond acceptors (Lipinski definition) is 0. The fourth-order valence-corrected chi connectivity index (χ4v) is 0.769. The maximum Gasteiger partial charge on any atom is 0.0267 e. The normalized spacial score (nSPS) is 7.67. The summed E-state index contributed by atoms with van der Waals surface area (Å²) < 4.78 is 1.21. The Morgan fingerprint density at radius 1 is 1.44 bits per heavy atom. The predicted octanol–water partition coefficient (Wildman–Crippen LogP) is 2.78. The van der Waals surface area contributed by atoms with Crippen molar-refractivity contribution in [3.63, 3.8) is 0 Å². The average molecular weight is 234 g/mol. The van der Waals surface area contributed by atoms with Gasteiger partial charge in [-0.05, 0) is 6.42 Å². The lowest BCUT2D eigenvalue weighted by Crippen LogP contribution is -1.69. The maximum atomic E-state index is 3.57. The van der Waals surface area contributed by atoms with Crippen LogP contribution >= 0.6 is 22.6 Å². The molecule has 9 heavy (non-hydrogen) atoms. The van der Waals surface area contributed by atoms with Crippen LogP contribution in [-0.2, 0) is 0 Å². The Kier molecular flexibility index (Phi) is 8.06. The van der Waals surface area contributed by atoms with Gasteiger partial charge in [0.05, 0.1) is 0 Å². The minimum Gasteiger partial charge on any atom is -0.103 e. The van der Waals surface area contributed by atoms with Crippen molar-refractivity contribution in [3.05, 3.63) is 12.7 Å². The first-order chi connectivity index (χ1) is 4.41. The fraction of sp³-hybridized carbons (Fsp3) is 0.500. The van der Waals surface area contributed by atoms with Crippen LogP contribution in [0.1, 0.15) is 19.3 Å². The second-order valence-corrected chi connectivity index (χ2v) is 2.72. The van der Waals surface area contributed by atoms with Gasteiger partial charge in [0.2, 0.25) is 0 Å². The SMILES string of the molecule is C=CCC#CCCCI. The molecule has 0 aromatic carbocycles. The molecule has 0 rings (SSSR count).